The molecule has 20 heteroatoms. The fourth-order valence-corrected chi connectivity index (χ4v) is 9.16. The molecule has 2 aromatic carbocycles. The van der Waals surface area contributed by atoms with Gasteiger partial charge in [0.2, 0.25) is 0 Å². The maximum atomic E-state index is 15.2. The number of carbonyl (C=O) groups excluding carboxylic acids is 3. The molecule has 0 aliphatic carbocycles. The van der Waals surface area contributed by atoms with Crippen LogP contribution in [0.2, 0.25) is 0 Å². The van der Waals surface area contributed by atoms with E-state index in [4.69, 9.17) is 0 Å². The lowest BCUT2D eigenvalue weighted by Crippen LogP contribution is -2.34. The van der Waals surface area contributed by atoms with Gasteiger partial charge in [0.25, 0.3) is 11.8 Å². The Balaban J connectivity index is 0.000000188. The Hall–Kier alpha value is -7.48. The van der Waals surface area contributed by atoms with Gasteiger partial charge in [-0.3, -0.25) is 29.3 Å². The molecule has 74 heavy (non-hydrogen) atoms. The number of fused-ring (bicyclic) bond motifs is 2. The second kappa shape index (κ2) is 25.0. The molecule has 2 aliphatic rings. The largest absolute Gasteiger partial charge is 0.345 e. The molecule has 0 radical (unpaired) electrons. The second-order valence-electron chi connectivity index (χ2n) is 18.4. The number of nitrogens with zero attached hydrogens (tertiary/aromatic N) is 11. The lowest BCUT2D eigenvalue weighted by Gasteiger charge is -2.32. The number of rotatable bonds is 11. The lowest BCUT2D eigenvalue weighted by atomic mass is 10.0. The smallest absolute Gasteiger partial charge is 0.253 e. The van der Waals surface area contributed by atoms with E-state index in [2.05, 4.69) is 40.1 Å². The Morgan fingerprint density at radius 2 is 1.11 bits per heavy atom. The first-order valence-corrected chi connectivity index (χ1v) is 24.0. The first-order valence-electron chi connectivity index (χ1n) is 24.0. The fourth-order valence-electron chi connectivity index (χ4n) is 9.16. The van der Waals surface area contributed by atoms with Crippen LogP contribution < -0.4 is 5.32 Å². The summed E-state index contributed by atoms with van der Waals surface area (Å²) in [7, 11) is 6.45. The number of halogens is 5. The van der Waals surface area contributed by atoms with Crippen molar-refractivity contribution in [3.8, 4) is 0 Å². The molecule has 6 aromatic heterocycles. The van der Waals surface area contributed by atoms with Gasteiger partial charge in [-0.25, -0.2) is 37.5 Å². The van der Waals surface area contributed by atoms with Crippen LogP contribution >= 0.6 is 12.4 Å². The van der Waals surface area contributed by atoms with Crippen molar-refractivity contribution in [3.63, 3.8) is 0 Å². The van der Waals surface area contributed by atoms with Gasteiger partial charge >= 0.3 is 0 Å². The maximum absolute atomic E-state index is 15.2. The standard InChI is InChI=1S/C27H28F2N6O.C21H23F2N5O.C6H5NO.ClH/c1-33(2)27(36)19-7-6-18(22(28)13-19)14-24-25-23(29)16-35(26(25)32-17-31-24)21-8-11-34(12-9-21)15-20-5-3-4-10-30-20;1-27(2)21(29)14-4-3-13(16(22)9-14)10-18-19-17(23)11-28(20(19)26-12-25-18)15-5-7-24-8-6-15;8-5-6-3-1-2-4-7-6;/h3-7,10,13,16-17,21H,8-9,11-12,14-15H2,1-2H3;3-4,9,11-12,15,24H,5-8,10H2,1-2H3;1-5H;1H. The van der Waals surface area contributed by atoms with Crippen LogP contribution in [0.4, 0.5) is 17.6 Å². The fraction of sp³-hybridized carbons (Fsp3) is 0.315. The highest BCUT2D eigenvalue weighted by Gasteiger charge is 2.26. The number of nitrogens with one attached hydrogen (secondary N) is 1. The number of pyridine rings is 2. The minimum atomic E-state index is -0.519. The highest BCUT2D eigenvalue weighted by atomic mass is 35.5. The molecule has 15 nitrogen and oxygen atoms in total. The molecule has 386 valence electrons. The van der Waals surface area contributed by atoms with E-state index < -0.39 is 23.3 Å². The van der Waals surface area contributed by atoms with Crippen LogP contribution in [-0.2, 0) is 19.4 Å². The SMILES string of the molecule is CN(C)C(=O)c1ccc(Cc2ncnc3c2c(F)cn3C2CCN(Cc3ccccn3)CC2)c(F)c1.CN(C)C(=O)c1ccc(Cc2ncnc3c2c(F)cn3C2CCNCC2)c(F)c1.Cl.O=Cc1ccccn1. The van der Waals surface area contributed by atoms with E-state index in [1.54, 1.807) is 83.0 Å². The number of piperidine rings is 2. The summed E-state index contributed by atoms with van der Waals surface area (Å²) in [5, 5.41) is 3.95. The molecule has 10 rings (SSSR count). The number of amides is 2. The lowest BCUT2D eigenvalue weighted by molar-refractivity contribution is 0.0820. The molecular weight excluding hydrogens is 976 g/mol. The average Bonchev–Trinajstić information content (AvgIpc) is 3.95. The van der Waals surface area contributed by atoms with Crippen molar-refractivity contribution >= 4 is 52.6 Å². The second-order valence-corrected chi connectivity index (χ2v) is 18.4. The van der Waals surface area contributed by atoms with Crippen LogP contribution in [-0.4, -0.2) is 126 Å². The van der Waals surface area contributed by atoms with Gasteiger partial charge in [-0.15, -0.1) is 12.4 Å². The van der Waals surface area contributed by atoms with Crippen molar-refractivity contribution in [2.24, 2.45) is 0 Å². The molecule has 0 atom stereocenters. The predicted molar refractivity (Wildman–Crippen MR) is 275 cm³/mol. The molecule has 0 unspecified atom stereocenters. The summed E-state index contributed by atoms with van der Waals surface area (Å²) >= 11 is 0. The van der Waals surface area contributed by atoms with Crippen LogP contribution in [0, 0.1) is 23.3 Å². The first-order chi connectivity index (χ1) is 35.3. The van der Waals surface area contributed by atoms with Crippen molar-refractivity contribution in [1.82, 2.24) is 59.1 Å². The molecule has 2 saturated heterocycles. The third-order valence-corrected chi connectivity index (χ3v) is 13.0. The summed E-state index contributed by atoms with van der Waals surface area (Å²) < 4.78 is 63.3. The summed E-state index contributed by atoms with van der Waals surface area (Å²) in [6.07, 6.45) is 13.7. The topological polar surface area (TPSA) is 160 Å². The third-order valence-electron chi connectivity index (χ3n) is 13.0. The minimum Gasteiger partial charge on any atom is -0.345 e. The normalized spacial score (nSPS) is 14.1. The van der Waals surface area contributed by atoms with Gasteiger partial charge in [0, 0.05) is 109 Å². The average molecular weight is 1030 g/mol. The zero-order valence-electron chi connectivity index (χ0n) is 41.5. The molecule has 2 aliphatic heterocycles. The number of aldehydes is 1. The van der Waals surface area contributed by atoms with E-state index in [1.165, 1.54) is 47.0 Å². The number of benzene rings is 2. The van der Waals surface area contributed by atoms with E-state index in [-0.39, 0.29) is 60.3 Å². The van der Waals surface area contributed by atoms with Gasteiger partial charge in [-0.2, -0.15) is 0 Å². The van der Waals surface area contributed by atoms with Crippen LogP contribution in [0.25, 0.3) is 22.1 Å². The van der Waals surface area contributed by atoms with Gasteiger partial charge in [0.1, 0.15) is 41.3 Å². The summed E-state index contributed by atoms with van der Waals surface area (Å²) in [6.45, 7) is 4.32. The van der Waals surface area contributed by atoms with E-state index in [0.717, 1.165) is 70.4 Å². The Morgan fingerprint density at radius 1 is 0.622 bits per heavy atom. The van der Waals surface area contributed by atoms with E-state index in [0.29, 0.717) is 50.3 Å². The number of hydrogen-bond acceptors (Lipinski definition) is 11. The minimum absolute atomic E-state index is 0. The van der Waals surface area contributed by atoms with Crippen LogP contribution in [0.3, 0.4) is 0 Å². The Labute approximate surface area is 432 Å². The number of carbonyl (C=O) groups is 3. The Bertz CT molecular complexity index is 3200. The zero-order chi connectivity index (χ0) is 51.6. The molecule has 0 saturated carbocycles. The van der Waals surface area contributed by atoms with E-state index in [1.807, 2.05) is 27.3 Å². The molecular formula is C54H57ClF4N12O3. The van der Waals surface area contributed by atoms with Crippen LogP contribution in [0.15, 0.2) is 110 Å². The van der Waals surface area contributed by atoms with Gasteiger partial charge in [0.15, 0.2) is 17.9 Å². The molecule has 1 N–H and O–H groups in total. The molecule has 8 heterocycles. The van der Waals surface area contributed by atoms with Gasteiger partial charge in [-0.1, -0.05) is 24.3 Å². The van der Waals surface area contributed by atoms with E-state index in [9.17, 15) is 27.6 Å². The number of hydrogen-bond donors (Lipinski definition) is 1. The van der Waals surface area contributed by atoms with E-state index >= 15 is 4.39 Å². The molecule has 8 aromatic rings. The van der Waals surface area contributed by atoms with Crippen LogP contribution in [0.1, 0.15) is 97.2 Å². The predicted octanol–water partition coefficient (Wildman–Crippen LogP) is 8.48. The van der Waals surface area contributed by atoms with Crippen molar-refractivity contribution in [2.75, 3.05) is 54.4 Å². The summed E-state index contributed by atoms with van der Waals surface area (Å²) in [5.74, 6) is -2.38. The highest BCUT2D eigenvalue weighted by molar-refractivity contribution is 5.94. The Morgan fingerprint density at radius 3 is 1.53 bits per heavy atom. The van der Waals surface area contributed by atoms with Crippen molar-refractivity contribution in [2.45, 2.75) is 57.2 Å². The monoisotopic (exact) mass is 1030 g/mol. The number of likely N-dealkylation sites (tertiary alicyclic amines) is 1. The molecule has 0 spiro atoms. The molecule has 2 amide bonds. The van der Waals surface area contributed by atoms with Gasteiger partial charge < -0.3 is 24.3 Å². The van der Waals surface area contributed by atoms with Crippen molar-refractivity contribution in [3.05, 3.63) is 179 Å². The molecule has 2 fully saturated rings. The number of aromatic nitrogens is 8. The summed E-state index contributed by atoms with van der Waals surface area (Å²) in [6, 6.07) is 20.1. The summed E-state index contributed by atoms with van der Waals surface area (Å²) in [5.41, 5.74) is 4.69. The van der Waals surface area contributed by atoms with Crippen molar-refractivity contribution < 1.29 is 31.9 Å². The third kappa shape index (κ3) is 12.8. The molecule has 0 bridgehead atoms. The first kappa shape index (κ1) is 54.3. The van der Waals surface area contributed by atoms with Crippen LogP contribution in [0.5, 0.6) is 0 Å². The zero-order valence-corrected chi connectivity index (χ0v) is 42.3. The quantitative estimate of drug-likeness (QED) is 0.0978. The van der Waals surface area contributed by atoms with Gasteiger partial charge in [0.05, 0.1) is 27.9 Å². The maximum Gasteiger partial charge on any atom is 0.253 e. The highest BCUT2D eigenvalue weighted by Crippen LogP contribution is 2.32. The van der Waals surface area contributed by atoms with Gasteiger partial charge in [-0.05, 0) is 98.4 Å². The summed E-state index contributed by atoms with van der Waals surface area (Å²) in [4.78, 5) is 64.6. The Kier molecular flexibility index (Phi) is 18.3. The van der Waals surface area contributed by atoms with Crippen molar-refractivity contribution in [1.29, 1.82) is 0 Å².